The maximum atomic E-state index is 5.97. The van der Waals surface area contributed by atoms with Gasteiger partial charge in [0.05, 0.1) is 18.4 Å². The zero-order valence-electron chi connectivity index (χ0n) is 10.6. The first-order valence-corrected chi connectivity index (χ1v) is 6.53. The van der Waals surface area contributed by atoms with Crippen molar-refractivity contribution < 1.29 is 4.74 Å². The van der Waals surface area contributed by atoms with Crippen LogP contribution in [-0.2, 0) is 17.9 Å². The molecule has 1 aliphatic carbocycles. The van der Waals surface area contributed by atoms with Crippen molar-refractivity contribution in [1.82, 2.24) is 4.98 Å². The van der Waals surface area contributed by atoms with Gasteiger partial charge in [0.1, 0.15) is 0 Å². The minimum atomic E-state index is 0.438. The Bertz CT molecular complexity index is 354. The largest absolute Gasteiger partial charge is 0.374 e. The van der Waals surface area contributed by atoms with Gasteiger partial charge in [-0.15, -0.1) is 0 Å². The monoisotopic (exact) mass is 234 g/mol. The van der Waals surface area contributed by atoms with E-state index in [1.165, 1.54) is 31.2 Å². The minimum Gasteiger partial charge on any atom is -0.374 e. The third kappa shape index (κ3) is 3.79. The number of hydrogen-bond donors (Lipinski definition) is 1. The van der Waals surface area contributed by atoms with Gasteiger partial charge in [0.25, 0.3) is 0 Å². The van der Waals surface area contributed by atoms with Crippen molar-refractivity contribution in [2.24, 2.45) is 11.7 Å². The fraction of sp³-hybridized carbons (Fsp3) is 0.643. The normalized spacial score (nSPS) is 24.8. The average Bonchev–Trinajstić information content (AvgIpc) is 2.37. The lowest BCUT2D eigenvalue weighted by Crippen LogP contribution is -2.21. The molecule has 1 aromatic heterocycles. The first-order valence-electron chi connectivity index (χ1n) is 6.53. The van der Waals surface area contributed by atoms with E-state index < -0.39 is 0 Å². The summed E-state index contributed by atoms with van der Waals surface area (Å²) in [6, 6.07) is 4.04. The van der Waals surface area contributed by atoms with Gasteiger partial charge < -0.3 is 10.5 Å². The Hall–Kier alpha value is -0.930. The zero-order chi connectivity index (χ0) is 12.1. The Kier molecular flexibility index (Phi) is 4.51. The van der Waals surface area contributed by atoms with E-state index in [0.29, 0.717) is 19.3 Å². The van der Waals surface area contributed by atoms with Crippen molar-refractivity contribution in [1.29, 1.82) is 0 Å². The topological polar surface area (TPSA) is 48.1 Å². The highest BCUT2D eigenvalue weighted by Gasteiger charge is 2.19. The molecule has 0 bridgehead atoms. The van der Waals surface area contributed by atoms with E-state index in [-0.39, 0.29) is 0 Å². The number of hydrogen-bond acceptors (Lipinski definition) is 3. The Morgan fingerprint density at radius 2 is 2.35 bits per heavy atom. The molecular weight excluding hydrogens is 212 g/mol. The van der Waals surface area contributed by atoms with E-state index in [2.05, 4.69) is 11.9 Å². The van der Waals surface area contributed by atoms with Crippen LogP contribution in [0.15, 0.2) is 18.3 Å². The van der Waals surface area contributed by atoms with Crippen LogP contribution in [0, 0.1) is 5.92 Å². The predicted molar refractivity (Wildman–Crippen MR) is 68.3 cm³/mol. The van der Waals surface area contributed by atoms with E-state index in [9.17, 15) is 0 Å². The maximum absolute atomic E-state index is 5.97. The summed E-state index contributed by atoms with van der Waals surface area (Å²) in [5.41, 5.74) is 7.69. The number of nitrogens with zero attached hydrogens (tertiary/aromatic N) is 1. The first kappa shape index (κ1) is 12.5. The molecule has 1 fully saturated rings. The molecule has 3 nitrogen and oxygen atoms in total. The molecule has 0 aliphatic heterocycles. The summed E-state index contributed by atoms with van der Waals surface area (Å²) >= 11 is 0. The van der Waals surface area contributed by atoms with E-state index in [0.717, 1.165) is 11.6 Å². The Morgan fingerprint density at radius 1 is 1.47 bits per heavy atom. The smallest absolute Gasteiger partial charge is 0.0721 e. The Balaban J connectivity index is 1.84. The molecule has 94 valence electrons. The van der Waals surface area contributed by atoms with Crippen LogP contribution >= 0.6 is 0 Å². The number of rotatable bonds is 4. The lowest BCUT2D eigenvalue weighted by atomic mass is 9.89. The lowest BCUT2D eigenvalue weighted by Gasteiger charge is -2.26. The van der Waals surface area contributed by atoms with Gasteiger partial charge in [-0.25, -0.2) is 0 Å². The second-order valence-corrected chi connectivity index (χ2v) is 5.06. The molecule has 1 aliphatic rings. The van der Waals surface area contributed by atoms with Crippen molar-refractivity contribution in [2.75, 3.05) is 0 Å². The predicted octanol–water partition coefficient (Wildman–Crippen LogP) is 2.64. The molecule has 0 aromatic carbocycles. The van der Waals surface area contributed by atoms with E-state index in [1.54, 1.807) is 0 Å². The van der Waals surface area contributed by atoms with Crippen LogP contribution in [0.4, 0.5) is 0 Å². The summed E-state index contributed by atoms with van der Waals surface area (Å²) < 4.78 is 5.97. The fourth-order valence-corrected chi connectivity index (χ4v) is 2.47. The van der Waals surface area contributed by atoms with Gasteiger partial charge >= 0.3 is 0 Å². The van der Waals surface area contributed by atoms with Crippen LogP contribution in [0.1, 0.15) is 43.9 Å². The average molecular weight is 234 g/mol. The second-order valence-electron chi connectivity index (χ2n) is 5.06. The standard InChI is InChI=1S/C14H22N2O/c1-11-3-2-4-14(7-11)17-10-12-5-6-16-13(8-12)9-15/h5-6,8,11,14H,2-4,7,9-10,15H2,1H3. The Morgan fingerprint density at radius 3 is 3.12 bits per heavy atom. The summed E-state index contributed by atoms with van der Waals surface area (Å²) in [4.78, 5) is 4.18. The van der Waals surface area contributed by atoms with Crippen LogP contribution in [0.3, 0.4) is 0 Å². The molecule has 17 heavy (non-hydrogen) atoms. The maximum Gasteiger partial charge on any atom is 0.0721 e. The van der Waals surface area contributed by atoms with Gasteiger partial charge in [0, 0.05) is 12.7 Å². The van der Waals surface area contributed by atoms with Gasteiger partial charge in [-0.3, -0.25) is 4.98 Å². The first-order chi connectivity index (χ1) is 8.28. The van der Waals surface area contributed by atoms with Crippen LogP contribution in [0.25, 0.3) is 0 Å². The molecule has 1 heterocycles. The molecule has 1 aromatic rings. The zero-order valence-corrected chi connectivity index (χ0v) is 10.6. The van der Waals surface area contributed by atoms with Crippen molar-refractivity contribution >= 4 is 0 Å². The van der Waals surface area contributed by atoms with Crippen LogP contribution in [0.5, 0.6) is 0 Å². The van der Waals surface area contributed by atoms with Crippen LogP contribution < -0.4 is 5.73 Å². The van der Waals surface area contributed by atoms with Gasteiger partial charge in [-0.05, 0) is 36.5 Å². The van der Waals surface area contributed by atoms with E-state index >= 15 is 0 Å². The summed E-state index contributed by atoms with van der Waals surface area (Å²) in [5, 5.41) is 0. The third-order valence-corrected chi connectivity index (χ3v) is 3.46. The highest BCUT2D eigenvalue weighted by atomic mass is 16.5. The summed E-state index contributed by atoms with van der Waals surface area (Å²) in [6.45, 7) is 3.50. The molecular formula is C14H22N2O. The SMILES string of the molecule is CC1CCCC(OCc2ccnc(CN)c2)C1. The molecule has 0 amide bonds. The molecule has 3 heteroatoms. The van der Waals surface area contributed by atoms with Crippen LogP contribution in [-0.4, -0.2) is 11.1 Å². The summed E-state index contributed by atoms with van der Waals surface area (Å²) in [6.07, 6.45) is 7.31. The lowest BCUT2D eigenvalue weighted by molar-refractivity contribution is 0.00461. The van der Waals surface area contributed by atoms with Gasteiger partial charge in [0.15, 0.2) is 0 Å². The minimum absolute atomic E-state index is 0.438. The van der Waals surface area contributed by atoms with E-state index in [4.69, 9.17) is 10.5 Å². The van der Waals surface area contributed by atoms with Crippen LogP contribution in [0.2, 0.25) is 0 Å². The highest BCUT2D eigenvalue weighted by molar-refractivity contribution is 5.15. The fourth-order valence-electron chi connectivity index (χ4n) is 2.47. The highest BCUT2D eigenvalue weighted by Crippen LogP contribution is 2.26. The molecule has 2 N–H and O–H groups in total. The number of pyridine rings is 1. The van der Waals surface area contributed by atoms with Crippen molar-refractivity contribution in [2.45, 2.75) is 51.9 Å². The molecule has 0 saturated heterocycles. The molecule has 1 saturated carbocycles. The second kappa shape index (κ2) is 6.12. The van der Waals surface area contributed by atoms with Gasteiger partial charge in [-0.1, -0.05) is 19.8 Å². The third-order valence-electron chi connectivity index (χ3n) is 3.46. The molecule has 2 rings (SSSR count). The molecule has 2 atom stereocenters. The quantitative estimate of drug-likeness (QED) is 0.871. The number of nitrogens with two attached hydrogens (primary N) is 1. The molecule has 2 unspecified atom stereocenters. The van der Waals surface area contributed by atoms with Gasteiger partial charge in [-0.2, -0.15) is 0 Å². The molecule has 0 radical (unpaired) electrons. The number of ether oxygens (including phenoxy) is 1. The van der Waals surface area contributed by atoms with Gasteiger partial charge in [0.2, 0.25) is 0 Å². The summed E-state index contributed by atoms with van der Waals surface area (Å²) in [5.74, 6) is 0.811. The summed E-state index contributed by atoms with van der Waals surface area (Å²) in [7, 11) is 0. The Labute approximate surface area is 103 Å². The molecule has 0 spiro atoms. The van der Waals surface area contributed by atoms with Crippen molar-refractivity contribution in [3.05, 3.63) is 29.6 Å². The number of aromatic nitrogens is 1. The van der Waals surface area contributed by atoms with Crippen molar-refractivity contribution in [3.63, 3.8) is 0 Å². The van der Waals surface area contributed by atoms with Crippen molar-refractivity contribution in [3.8, 4) is 0 Å². The van der Waals surface area contributed by atoms with E-state index in [1.807, 2.05) is 18.3 Å².